The van der Waals surface area contributed by atoms with Gasteiger partial charge >= 0.3 is 6.09 Å². The maximum Gasteiger partial charge on any atom is 0.407 e. The van der Waals surface area contributed by atoms with E-state index in [0.29, 0.717) is 6.54 Å². The van der Waals surface area contributed by atoms with Crippen molar-refractivity contribution in [1.29, 1.82) is 0 Å². The molecule has 2 heterocycles. The lowest BCUT2D eigenvalue weighted by Gasteiger charge is -2.18. The fourth-order valence-corrected chi connectivity index (χ4v) is 2.21. The number of nitrogens with zero attached hydrogens (tertiary/aromatic N) is 3. The summed E-state index contributed by atoms with van der Waals surface area (Å²) in [6.45, 7) is 3.39. The molecule has 1 saturated heterocycles. The van der Waals surface area contributed by atoms with Gasteiger partial charge in [0.25, 0.3) is 0 Å². The van der Waals surface area contributed by atoms with Crippen molar-refractivity contribution in [1.82, 2.24) is 15.3 Å². The van der Waals surface area contributed by atoms with Crippen LogP contribution in [0.3, 0.4) is 0 Å². The zero-order valence-electron chi connectivity index (χ0n) is 10.3. The van der Waals surface area contributed by atoms with Crippen molar-refractivity contribution in [3.63, 3.8) is 0 Å². The van der Waals surface area contributed by atoms with E-state index in [2.05, 4.69) is 24.9 Å². The Balaban J connectivity index is 2.01. The largest absolute Gasteiger partial charge is 0.453 e. The van der Waals surface area contributed by atoms with Crippen LogP contribution in [0.25, 0.3) is 0 Å². The third-order valence-corrected chi connectivity index (χ3v) is 3.00. The highest BCUT2D eigenvalue weighted by Gasteiger charge is 2.25. The first-order chi connectivity index (χ1) is 8.58. The van der Waals surface area contributed by atoms with Crippen LogP contribution in [-0.4, -0.2) is 42.3 Å². The van der Waals surface area contributed by atoms with Crippen LogP contribution in [0.1, 0.15) is 12.1 Å². The third kappa shape index (κ3) is 3.01. The van der Waals surface area contributed by atoms with Gasteiger partial charge in [0.05, 0.1) is 13.2 Å². The topological polar surface area (TPSA) is 67.3 Å². The monoisotopic (exact) mass is 270 g/mol. The number of carbonyl (C=O) groups excluding carboxylic acids is 1. The highest BCUT2D eigenvalue weighted by molar-refractivity contribution is 6.28. The van der Waals surface area contributed by atoms with Crippen molar-refractivity contribution in [2.45, 2.75) is 19.4 Å². The summed E-state index contributed by atoms with van der Waals surface area (Å²) in [4.78, 5) is 21.4. The normalized spacial score (nSPS) is 18.8. The van der Waals surface area contributed by atoms with Gasteiger partial charge in [-0.25, -0.2) is 14.8 Å². The fraction of sp³-hybridized carbons (Fsp3) is 0.545. The molecule has 0 saturated carbocycles. The summed E-state index contributed by atoms with van der Waals surface area (Å²) in [5.41, 5.74) is 0.828. The quantitative estimate of drug-likeness (QED) is 0.822. The molecule has 18 heavy (non-hydrogen) atoms. The Hall–Kier alpha value is -1.56. The average Bonchev–Trinajstić information content (AvgIpc) is 2.76. The van der Waals surface area contributed by atoms with Gasteiger partial charge in [-0.05, 0) is 24.9 Å². The molecule has 0 aromatic carbocycles. The first-order valence-electron chi connectivity index (χ1n) is 5.69. The molecule has 1 aromatic rings. The fourth-order valence-electron chi connectivity index (χ4n) is 1.99. The number of ether oxygens (including phenoxy) is 1. The SMILES string of the molecule is COC(=O)NC1CCN(c2cc(C)nc(Cl)n2)C1. The van der Waals surface area contributed by atoms with E-state index in [1.165, 1.54) is 7.11 Å². The van der Waals surface area contributed by atoms with Crippen molar-refractivity contribution in [2.24, 2.45) is 0 Å². The van der Waals surface area contributed by atoms with Crippen LogP contribution in [0.5, 0.6) is 0 Å². The van der Waals surface area contributed by atoms with E-state index in [0.717, 1.165) is 24.5 Å². The van der Waals surface area contributed by atoms with Crippen LogP contribution in [0.2, 0.25) is 5.28 Å². The molecule has 1 aliphatic heterocycles. The van der Waals surface area contributed by atoms with E-state index in [-0.39, 0.29) is 11.3 Å². The highest BCUT2D eigenvalue weighted by atomic mass is 35.5. The van der Waals surface area contributed by atoms with Crippen LogP contribution < -0.4 is 10.2 Å². The summed E-state index contributed by atoms with van der Waals surface area (Å²) in [6.07, 6.45) is 0.453. The van der Waals surface area contributed by atoms with E-state index in [4.69, 9.17) is 11.6 Å². The number of carbonyl (C=O) groups is 1. The minimum Gasteiger partial charge on any atom is -0.453 e. The zero-order valence-corrected chi connectivity index (χ0v) is 11.1. The molecule has 0 spiro atoms. The van der Waals surface area contributed by atoms with Gasteiger partial charge in [0.2, 0.25) is 5.28 Å². The summed E-state index contributed by atoms with van der Waals surface area (Å²) in [5.74, 6) is 0.793. The number of nitrogens with one attached hydrogen (secondary N) is 1. The molecular weight excluding hydrogens is 256 g/mol. The molecule has 1 aliphatic rings. The molecule has 98 valence electrons. The van der Waals surface area contributed by atoms with E-state index in [1.807, 2.05) is 13.0 Å². The van der Waals surface area contributed by atoms with E-state index in [9.17, 15) is 4.79 Å². The van der Waals surface area contributed by atoms with Gasteiger partial charge in [0, 0.05) is 24.8 Å². The molecule has 1 amide bonds. The molecular formula is C11H15ClN4O2. The Morgan fingerprint density at radius 2 is 2.39 bits per heavy atom. The van der Waals surface area contributed by atoms with Gasteiger partial charge < -0.3 is 15.0 Å². The summed E-state index contributed by atoms with van der Waals surface area (Å²) in [5, 5.41) is 3.02. The number of aromatic nitrogens is 2. The summed E-state index contributed by atoms with van der Waals surface area (Å²) >= 11 is 5.83. The van der Waals surface area contributed by atoms with Crippen LogP contribution >= 0.6 is 11.6 Å². The third-order valence-electron chi connectivity index (χ3n) is 2.83. The minimum atomic E-state index is -0.404. The predicted molar refractivity (Wildman–Crippen MR) is 67.9 cm³/mol. The summed E-state index contributed by atoms with van der Waals surface area (Å²) in [7, 11) is 1.36. The minimum absolute atomic E-state index is 0.0755. The molecule has 1 N–H and O–H groups in total. The Morgan fingerprint density at radius 1 is 1.61 bits per heavy atom. The maximum absolute atomic E-state index is 11.1. The number of amides is 1. The Kier molecular flexibility index (Phi) is 3.86. The van der Waals surface area contributed by atoms with Crippen molar-refractivity contribution in [3.05, 3.63) is 17.0 Å². The van der Waals surface area contributed by atoms with E-state index in [1.54, 1.807) is 0 Å². The molecule has 1 atom stereocenters. The number of methoxy groups -OCH3 is 1. The van der Waals surface area contributed by atoms with Crippen molar-refractivity contribution in [2.75, 3.05) is 25.1 Å². The van der Waals surface area contributed by atoms with Gasteiger partial charge in [-0.2, -0.15) is 0 Å². The van der Waals surface area contributed by atoms with Crippen molar-refractivity contribution < 1.29 is 9.53 Å². The molecule has 7 heteroatoms. The highest BCUT2D eigenvalue weighted by Crippen LogP contribution is 2.20. The lowest BCUT2D eigenvalue weighted by atomic mass is 10.3. The van der Waals surface area contributed by atoms with Gasteiger partial charge in [-0.3, -0.25) is 0 Å². The second-order valence-corrected chi connectivity index (χ2v) is 4.54. The first-order valence-corrected chi connectivity index (χ1v) is 6.07. The number of halogens is 1. The van der Waals surface area contributed by atoms with Crippen molar-refractivity contribution in [3.8, 4) is 0 Å². The number of rotatable bonds is 2. The van der Waals surface area contributed by atoms with Crippen LogP contribution in [0.15, 0.2) is 6.07 Å². The maximum atomic E-state index is 11.1. The lowest BCUT2D eigenvalue weighted by Crippen LogP contribution is -2.37. The van der Waals surface area contributed by atoms with E-state index >= 15 is 0 Å². The molecule has 6 nitrogen and oxygen atoms in total. The number of hydrogen-bond donors (Lipinski definition) is 1. The first kappa shape index (κ1) is 12.9. The smallest absolute Gasteiger partial charge is 0.407 e. The molecule has 2 rings (SSSR count). The molecule has 0 radical (unpaired) electrons. The van der Waals surface area contributed by atoms with Gasteiger partial charge in [0.15, 0.2) is 0 Å². The Labute approximate surface area is 110 Å². The standard InChI is InChI=1S/C11H15ClN4O2/c1-7-5-9(15-10(12)13-7)16-4-3-8(6-16)14-11(17)18-2/h5,8H,3-4,6H2,1-2H3,(H,14,17). The second kappa shape index (κ2) is 5.39. The summed E-state index contributed by atoms with van der Waals surface area (Å²) < 4.78 is 4.58. The second-order valence-electron chi connectivity index (χ2n) is 4.20. The van der Waals surface area contributed by atoms with Crippen LogP contribution in [0, 0.1) is 6.92 Å². The average molecular weight is 271 g/mol. The van der Waals surface area contributed by atoms with Crippen LogP contribution in [-0.2, 0) is 4.74 Å². The van der Waals surface area contributed by atoms with Crippen molar-refractivity contribution >= 4 is 23.5 Å². The number of aryl methyl sites for hydroxylation is 1. The lowest BCUT2D eigenvalue weighted by molar-refractivity contribution is 0.167. The molecule has 1 unspecified atom stereocenters. The number of hydrogen-bond acceptors (Lipinski definition) is 5. The molecule has 1 fully saturated rings. The Bertz CT molecular complexity index is 434. The zero-order chi connectivity index (χ0) is 13.1. The number of anilines is 1. The number of alkyl carbamates (subject to hydrolysis) is 1. The molecule has 0 aliphatic carbocycles. The molecule has 0 bridgehead atoms. The van der Waals surface area contributed by atoms with Gasteiger partial charge in [-0.1, -0.05) is 0 Å². The van der Waals surface area contributed by atoms with Gasteiger partial charge in [-0.15, -0.1) is 0 Å². The van der Waals surface area contributed by atoms with E-state index < -0.39 is 6.09 Å². The van der Waals surface area contributed by atoms with Crippen LogP contribution in [0.4, 0.5) is 10.6 Å². The van der Waals surface area contributed by atoms with Gasteiger partial charge in [0.1, 0.15) is 5.82 Å². The summed E-state index contributed by atoms with van der Waals surface area (Å²) in [6, 6.07) is 1.96. The molecule has 1 aromatic heterocycles. The predicted octanol–water partition coefficient (Wildman–Crippen LogP) is 1.37. The Morgan fingerprint density at radius 3 is 3.06 bits per heavy atom.